The van der Waals surface area contributed by atoms with Gasteiger partial charge < -0.3 is 5.32 Å². The van der Waals surface area contributed by atoms with Crippen molar-refractivity contribution >= 4 is 45.5 Å². The van der Waals surface area contributed by atoms with Gasteiger partial charge in [-0.1, -0.05) is 48.2 Å². The van der Waals surface area contributed by atoms with E-state index in [1.807, 2.05) is 60.0 Å². The number of carbonyl (C=O) groups excluding carboxylic acids is 1. The maximum absolute atomic E-state index is 12.2. The third-order valence-electron chi connectivity index (χ3n) is 3.59. The average molecular weight is 366 g/mol. The van der Waals surface area contributed by atoms with Crippen molar-refractivity contribution in [2.75, 3.05) is 11.1 Å². The van der Waals surface area contributed by atoms with Gasteiger partial charge in [0.05, 0.1) is 10.6 Å². The van der Waals surface area contributed by atoms with Crippen LogP contribution in [-0.4, -0.2) is 26.8 Å². The van der Waals surface area contributed by atoms with Crippen LogP contribution in [0.2, 0.25) is 0 Å². The Balaban J connectivity index is 1.37. The number of carbonyl (C=O) groups is 1. The summed E-state index contributed by atoms with van der Waals surface area (Å²) in [6.07, 6.45) is 0. The summed E-state index contributed by atoms with van der Waals surface area (Å²) in [5.41, 5.74) is 0.790. The topological polar surface area (TPSA) is 70.7 Å². The minimum Gasteiger partial charge on any atom is -0.325 e. The van der Waals surface area contributed by atoms with E-state index in [1.165, 1.54) is 11.8 Å². The number of aromatic nitrogens is 3. The Hall–Kier alpha value is -2.64. The number of nitrogens with one attached hydrogen (secondary N) is 2. The molecule has 2 aromatic carbocycles. The fourth-order valence-electron chi connectivity index (χ4n) is 2.43. The smallest absolute Gasteiger partial charge is 0.234 e. The molecule has 0 bridgehead atoms. The van der Waals surface area contributed by atoms with Crippen molar-refractivity contribution in [2.45, 2.75) is 5.16 Å². The Morgan fingerprint density at radius 3 is 2.84 bits per heavy atom. The van der Waals surface area contributed by atoms with Gasteiger partial charge in [0.25, 0.3) is 0 Å². The number of anilines is 1. The van der Waals surface area contributed by atoms with Crippen molar-refractivity contribution in [3.05, 3.63) is 60.0 Å². The number of aromatic amines is 1. The Morgan fingerprint density at radius 2 is 2.00 bits per heavy atom. The summed E-state index contributed by atoms with van der Waals surface area (Å²) in [5.74, 6) is 0.907. The molecule has 0 unspecified atom stereocenters. The van der Waals surface area contributed by atoms with Crippen molar-refractivity contribution < 1.29 is 4.79 Å². The normalized spacial score (nSPS) is 10.9. The largest absolute Gasteiger partial charge is 0.325 e. The second kappa shape index (κ2) is 7.08. The number of thioether (sulfide) groups is 1. The highest BCUT2D eigenvalue weighted by atomic mass is 32.2. The molecule has 0 aliphatic carbocycles. The van der Waals surface area contributed by atoms with Crippen LogP contribution in [-0.2, 0) is 4.79 Å². The van der Waals surface area contributed by atoms with Crippen molar-refractivity contribution in [3.8, 4) is 10.7 Å². The number of rotatable bonds is 5. The van der Waals surface area contributed by atoms with Crippen molar-refractivity contribution in [3.63, 3.8) is 0 Å². The standard InChI is InChI=1S/C18H14N4OS2/c23-16(19-14-8-7-12-4-1-2-5-13(12)10-14)11-25-18-20-17(21-22-18)15-6-3-9-24-15/h1-10H,11H2,(H,19,23)(H,20,21,22). The molecule has 25 heavy (non-hydrogen) atoms. The summed E-state index contributed by atoms with van der Waals surface area (Å²) in [6.45, 7) is 0. The first-order valence-electron chi connectivity index (χ1n) is 7.66. The molecule has 7 heteroatoms. The summed E-state index contributed by atoms with van der Waals surface area (Å²) < 4.78 is 0. The fourth-order valence-corrected chi connectivity index (χ4v) is 3.69. The molecule has 4 aromatic rings. The van der Waals surface area contributed by atoms with Gasteiger partial charge in [-0.3, -0.25) is 9.89 Å². The molecular formula is C18H14N4OS2. The Morgan fingerprint density at radius 1 is 1.12 bits per heavy atom. The van der Waals surface area contributed by atoms with Gasteiger partial charge in [0, 0.05) is 5.69 Å². The van der Waals surface area contributed by atoms with E-state index in [1.54, 1.807) is 11.3 Å². The predicted molar refractivity (Wildman–Crippen MR) is 103 cm³/mol. The molecule has 0 saturated heterocycles. The Labute approximate surface area is 152 Å². The van der Waals surface area contributed by atoms with Crippen molar-refractivity contribution in [1.29, 1.82) is 0 Å². The van der Waals surface area contributed by atoms with Gasteiger partial charge in [-0.25, -0.2) is 4.98 Å². The molecule has 0 atom stereocenters. The number of hydrogen-bond acceptors (Lipinski definition) is 5. The van der Waals surface area contributed by atoms with Gasteiger partial charge in [0.2, 0.25) is 11.1 Å². The SMILES string of the molecule is O=C(CSc1n[nH]c(-c2cccs2)n1)Nc1ccc2ccccc2c1. The maximum Gasteiger partial charge on any atom is 0.234 e. The van der Waals surface area contributed by atoms with E-state index in [-0.39, 0.29) is 11.7 Å². The molecule has 2 heterocycles. The minimum atomic E-state index is -0.0808. The quantitative estimate of drug-likeness (QED) is 0.513. The molecule has 0 fully saturated rings. The van der Waals surface area contributed by atoms with Crippen molar-refractivity contribution in [1.82, 2.24) is 15.2 Å². The summed E-state index contributed by atoms with van der Waals surface area (Å²) in [4.78, 5) is 17.6. The van der Waals surface area contributed by atoms with Gasteiger partial charge in [0.1, 0.15) is 0 Å². The number of amides is 1. The molecule has 0 spiro atoms. The lowest BCUT2D eigenvalue weighted by Crippen LogP contribution is -2.14. The van der Waals surface area contributed by atoms with Gasteiger partial charge in [-0.15, -0.1) is 16.4 Å². The molecule has 0 aliphatic heterocycles. The lowest BCUT2D eigenvalue weighted by Gasteiger charge is -2.05. The number of H-pyrrole nitrogens is 1. The van der Waals surface area contributed by atoms with Gasteiger partial charge in [-0.05, 0) is 34.4 Å². The highest BCUT2D eigenvalue weighted by Crippen LogP contribution is 2.23. The monoisotopic (exact) mass is 366 g/mol. The zero-order valence-corrected chi connectivity index (χ0v) is 14.7. The third kappa shape index (κ3) is 3.72. The number of fused-ring (bicyclic) bond motifs is 1. The molecule has 0 saturated carbocycles. The van der Waals surface area contributed by atoms with E-state index >= 15 is 0 Å². The number of thiophene rings is 1. The first-order valence-corrected chi connectivity index (χ1v) is 9.52. The average Bonchev–Trinajstić information content (AvgIpc) is 3.31. The van der Waals surface area contributed by atoms with Crippen LogP contribution in [0.5, 0.6) is 0 Å². The van der Waals surface area contributed by atoms with Crippen LogP contribution in [0.15, 0.2) is 65.1 Å². The molecule has 5 nitrogen and oxygen atoms in total. The zero-order chi connectivity index (χ0) is 17.1. The highest BCUT2D eigenvalue weighted by Gasteiger charge is 2.10. The predicted octanol–water partition coefficient (Wildman–Crippen LogP) is 4.42. The van der Waals surface area contributed by atoms with Crippen LogP contribution < -0.4 is 5.32 Å². The highest BCUT2D eigenvalue weighted by molar-refractivity contribution is 7.99. The first kappa shape index (κ1) is 15.9. The number of nitrogens with zero attached hydrogens (tertiary/aromatic N) is 2. The maximum atomic E-state index is 12.2. The fraction of sp³-hybridized carbons (Fsp3) is 0.0556. The van der Waals surface area contributed by atoms with Crippen LogP contribution in [0, 0.1) is 0 Å². The lowest BCUT2D eigenvalue weighted by atomic mass is 10.1. The van der Waals surface area contributed by atoms with E-state index in [4.69, 9.17) is 0 Å². The van der Waals surface area contributed by atoms with Gasteiger partial charge in [0.15, 0.2) is 5.82 Å². The van der Waals surface area contributed by atoms with Crippen LogP contribution >= 0.6 is 23.1 Å². The van der Waals surface area contributed by atoms with Crippen molar-refractivity contribution in [2.24, 2.45) is 0 Å². The van der Waals surface area contributed by atoms with Crippen LogP contribution in [0.4, 0.5) is 5.69 Å². The number of hydrogen-bond donors (Lipinski definition) is 2. The number of benzene rings is 2. The molecule has 124 valence electrons. The van der Waals surface area contributed by atoms with Gasteiger partial charge >= 0.3 is 0 Å². The molecule has 0 radical (unpaired) electrons. The molecule has 1 amide bonds. The lowest BCUT2D eigenvalue weighted by molar-refractivity contribution is -0.113. The molecule has 0 aliphatic rings. The van der Waals surface area contributed by atoms with E-state index in [2.05, 4.69) is 20.5 Å². The van der Waals surface area contributed by atoms with Crippen LogP contribution in [0.3, 0.4) is 0 Å². The van der Waals surface area contributed by atoms with E-state index in [0.717, 1.165) is 27.2 Å². The third-order valence-corrected chi connectivity index (χ3v) is 5.31. The first-order chi connectivity index (χ1) is 12.3. The van der Waals surface area contributed by atoms with E-state index in [9.17, 15) is 4.79 Å². The minimum absolute atomic E-state index is 0.0808. The summed E-state index contributed by atoms with van der Waals surface area (Å²) in [7, 11) is 0. The summed E-state index contributed by atoms with van der Waals surface area (Å²) in [5, 5.41) is 14.8. The van der Waals surface area contributed by atoms with Crippen LogP contribution in [0.1, 0.15) is 0 Å². The van der Waals surface area contributed by atoms with Gasteiger partial charge in [-0.2, -0.15) is 0 Å². The Kier molecular flexibility index (Phi) is 4.49. The van der Waals surface area contributed by atoms with Crippen LogP contribution in [0.25, 0.3) is 21.5 Å². The summed E-state index contributed by atoms with van der Waals surface area (Å²) in [6, 6.07) is 17.9. The second-order valence-corrected chi connectivity index (χ2v) is 7.23. The van der Waals surface area contributed by atoms with E-state index in [0.29, 0.717) is 5.16 Å². The second-order valence-electron chi connectivity index (χ2n) is 5.34. The molecule has 4 rings (SSSR count). The van der Waals surface area contributed by atoms with E-state index < -0.39 is 0 Å². The molecule has 2 aromatic heterocycles. The zero-order valence-electron chi connectivity index (χ0n) is 13.1. The molecule has 2 N–H and O–H groups in total. The Bertz CT molecular complexity index is 1010. The summed E-state index contributed by atoms with van der Waals surface area (Å²) >= 11 is 2.90. The molecular weight excluding hydrogens is 352 g/mol.